The Labute approximate surface area is 161 Å². The third-order valence-electron chi connectivity index (χ3n) is 4.55. The standard InChI is InChI=1S/C19H17ClN2O4S/c20-13-6-7-16-15(12-13)18(27(24,25)14-4-2-1-3-5-14)17(21-16)19(23)22-8-10-26-11-9-22/h1-7,12,21H,8-11H2. The highest BCUT2D eigenvalue weighted by Gasteiger charge is 2.32. The number of aromatic amines is 1. The molecule has 0 saturated carbocycles. The molecule has 0 aliphatic carbocycles. The summed E-state index contributed by atoms with van der Waals surface area (Å²) in [4.78, 5) is 17.8. The van der Waals surface area contributed by atoms with E-state index in [0.29, 0.717) is 42.2 Å². The average molecular weight is 405 g/mol. The SMILES string of the molecule is O=C(c1[nH]c2ccc(Cl)cc2c1S(=O)(=O)c1ccccc1)N1CCOCC1. The summed E-state index contributed by atoms with van der Waals surface area (Å²) in [6.07, 6.45) is 0. The van der Waals surface area contributed by atoms with Gasteiger partial charge in [-0.25, -0.2) is 8.42 Å². The van der Waals surface area contributed by atoms with Crippen LogP contribution in [0.25, 0.3) is 10.9 Å². The summed E-state index contributed by atoms with van der Waals surface area (Å²) in [5, 5.41) is 0.805. The van der Waals surface area contributed by atoms with E-state index in [4.69, 9.17) is 16.3 Å². The van der Waals surface area contributed by atoms with E-state index >= 15 is 0 Å². The van der Waals surface area contributed by atoms with Crippen LogP contribution in [0.15, 0.2) is 58.3 Å². The number of fused-ring (bicyclic) bond motifs is 1. The lowest BCUT2D eigenvalue weighted by atomic mass is 10.2. The first-order chi connectivity index (χ1) is 13.0. The summed E-state index contributed by atoms with van der Waals surface area (Å²) >= 11 is 6.10. The summed E-state index contributed by atoms with van der Waals surface area (Å²) in [6, 6.07) is 13.0. The van der Waals surface area contributed by atoms with Crippen molar-refractivity contribution < 1.29 is 17.9 Å². The fourth-order valence-corrected chi connectivity index (χ4v) is 5.00. The second-order valence-corrected chi connectivity index (χ2v) is 8.56. The molecular weight excluding hydrogens is 388 g/mol. The minimum Gasteiger partial charge on any atom is -0.378 e. The van der Waals surface area contributed by atoms with Crippen molar-refractivity contribution in [3.05, 3.63) is 59.2 Å². The van der Waals surface area contributed by atoms with Crippen molar-refractivity contribution in [2.45, 2.75) is 9.79 Å². The van der Waals surface area contributed by atoms with Gasteiger partial charge in [-0.2, -0.15) is 0 Å². The average Bonchev–Trinajstić information content (AvgIpc) is 3.08. The number of morpholine rings is 1. The molecule has 1 N–H and O–H groups in total. The van der Waals surface area contributed by atoms with E-state index in [9.17, 15) is 13.2 Å². The molecule has 1 aromatic heterocycles. The third kappa shape index (κ3) is 3.22. The number of ether oxygens (including phenoxy) is 1. The molecule has 1 amide bonds. The van der Waals surface area contributed by atoms with Crippen LogP contribution in [0.1, 0.15) is 10.5 Å². The van der Waals surface area contributed by atoms with Gasteiger partial charge in [0.2, 0.25) is 9.84 Å². The third-order valence-corrected chi connectivity index (χ3v) is 6.64. The fourth-order valence-electron chi connectivity index (χ4n) is 3.21. The van der Waals surface area contributed by atoms with Gasteiger partial charge in [0.15, 0.2) is 0 Å². The second-order valence-electron chi connectivity index (χ2n) is 6.24. The maximum atomic E-state index is 13.4. The van der Waals surface area contributed by atoms with Crippen LogP contribution in [0.4, 0.5) is 0 Å². The van der Waals surface area contributed by atoms with Gasteiger partial charge in [-0.3, -0.25) is 4.79 Å². The minimum absolute atomic E-state index is 0.0392. The normalized spacial score (nSPS) is 15.2. The number of halogens is 1. The van der Waals surface area contributed by atoms with Crippen molar-refractivity contribution in [3.63, 3.8) is 0 Å². The first-order valence-electron chi connectivity index (χ1n) is 8.47. The molecule has 3 aromatic rings. The molecule has 1 aliphatic heterocycles. The lowest BCUT2D eigenvalue weighted by Crippen LogP contribution is -2.41. The van der Waals surface area contributed by atoms with Gasteiger partial charge in [-0.1, -0.05) is 29.8 Å². The highest BCUT2D eigenvalue weighted by molar-refractivity contribution is 7.91. The van der Waals surface area contributed by atoms with Gasteiger partial charge >= 0.3 is 0 Å². The van der Waals surface area contributed by atoms with Crippen LogP contribution in [0, 0.1) is 0 Å². The summed E-state index contributed by atoms with van der Waals surface area (Å²) in [7, 11) is -3.92. The quantitative estimate of drug-likeness (QED) is 0.727. The van der Waals surface area contributed by atoms with E-state index in [1.165, 1.54) is 12.1 Å². The second kappa shape index (κ2) is 6.99. The van der Waals surface area contributed by atoms with Crippen LogP contribution in [0.2, 0.25) is 5.02 Å². The van der Waals surface area contributed by atoms with Gasteiger partial charge in [0, 0.05) is 29.0 Å². The summed E-state index contributed by atoms with van der Waals surface area (Å²) in [5.41, 5.74) is 0.600. The van der Waals surface area contributed by atoms with Crippen LogP contribution in [-0.2, 0) is 14.6 Å². The van der Waals surface area contributed by atoms with E-state index < -0.39 is 9.84 Å². The Kier molecular flexibility index (Phi) is 4.67. The number of sulfone groups is 1. The molecule has 1 aliphatic rings. The van der Waals surface area contributed by atoms with Crippen LogP contribution >= 0.6 is 11.6 Å². The number of benzene rings is 2. The molecule has 6 nitrogen and oxygen atoms in total. The number of nitrogens with one attached hydrogen (secondary N) is 1. The Hall–Kier alpha value is -2.35. The van der Waals surface area contributed by atoms with E-state index in [2.05, 4.69) is 4.98 Å². The van der Waals surface area contributed by atoms with Crippen molar-refractivity contribution >= 4 is 38.2 Å². The molecule has 0 atom stereocenters. The van der Waals surface area contributed by atoms with Crippen molar-refractivity contribution in [2.24, 2.45) is 0 Å². The summed E-state index contributed by atoms with van der Waals surface area (Å²) < 4.78 is 32.0. The lowest BCUT2D eigenvalue weighted by Gasteiger charge is -2.26. The molecule has 0 bridgehead atoms. The first kappa shape index (κ1) is 18.0. The molecule has 140 valence electrons. The molecule has 27 heavy (non-hydrogen) atoms. The Bertz CT molecular complexity index is 1100. The molecule has 2 aromatic carbocycles. The zero-order valence-electron chi connectivity index (χ0n) is 14.3. The maximum absolute atomic E-state index is 13.4. The number of amides is 1. The zero-order valence-corrected chi connectivity index (χ0v) is 15.9. The number of hydrogen-bond donors (Lipinski definition) is 1. The van der Waals surface area contributed by atoms with Gasteiger partial charge in [0.25, 0.3) is 5.91 Å². The van der Waals surface area contributed by atoms with Crippen molar-refractivity contribution in [1.82, 2.24) is 9.88 Å². The topological polar surface area (TPSA) is 79.5 Å². The van der Waals surface area contributed by atoms with Crippen LogP contribution in [0.3, 0.4) is 0 Å². The van der Waals surface area contributed by atoms with Crippen molar-refractivity contribution in [1.29, 1.82) is 0 Å². The Morgan fingerprint density at radius 1 is 1.07 bits per heavy atom. The molecule has 1 fully saturated rings. The smallest absolute Gasteiger partial charge is 0.271 e. The van der Waals surface area contributed by atoms with E-state index in [0.717, 1.165) is 0 Å². The predicted octanol–water partition coefficient (Wildman–Crippen LogP) is 3.13. The molecule has 1 saturated heterocycles. The zero-order chi connectivity index (χ0) is 19.0. The van der Waals surface area contributed by atoms with Crippen LogP contribution < -0.4 is 0 Å². The Morgan fingerprint density at radius 3 is 2.48 bits per heavy atom. The highest BCUT2D eigenvalue weighted by atomic mass is 35.5. The Morgan fingerprint density at radius 2 is 1.78 bits per heavy atom. The first-order valence-corrected chi connectivity index (χ1v) is 10.3. The van der Waals surface area contributed by atoms with E-state index in [-0.39, 0.29) is 21.4 Å². The van der Waals surface area contributed by atoms with Gasteiger partial charge in [0.1, 0.15) is 10.6 Å². The van der Waals surface area contributed by atoms with Crippen molar-refractivity contribution in [3.8, 4) is 0 Å². The minimum atomic E-state index is -3.92. The number of rotatable bonds is 3. The number of carbonyl (C=O) groups excluding carboxylic acids is 1. The highest BCUT2D eigenvalue weighted by Crippen LogP contribution is 2.34. The monoisotopic (exact) mass is 404 g/mol. The summed E-state index contributed by atoms with van der Waals surface area (Å²) in [6.45, 7) is 1.69. The number of hydrogen-bond acceptors (Lipinski definition) is 4. The fraction of sp³-hybridized carbons (Fsp3) is 0.211. The van der Waals surface area contributed by atoms with E-state index in [1.54, 1.807) is 41.3 Å². The van der Waals surface area contributed by atoms with Crippen molar-refractivity contribution in [2.75, 3.05) is 26.3 Å². The van der Waals surface area contributed by atoms with Crippen LogP contribution in [0.5, 0.6) is 0 Å². The molecule has 0 radical (unpaired) electrons. The molecular formula is C19H17ClN2O4S. The molecule has 8 heteroatoms. The maximum Gasteiger partial charge on any atom is 0.271 e. The van der Waals surface area contributed by atoms with Gasteiger partial charge in [-0.15, -0.1) is 0 Å². The molecule has 0 unspecified atom stereocenters. The predicted molar refractivity (Wildman–Crippen MR) is 102 cm³/mol. The molecule has 2 heterocycles. The molecule has 0 spiro atoms. The van der Waals surface area contributed by atoms with E-state index in [1.807, 2.05) is 0 Å². The van der Waals surface area contributed by atoms with Crippen LogP contribution in [-0.4, -0.2) is 50.5 Å². The van der Waals surface area contributed by atoms with Gasteiger partial charge < -0.3 is 14.6 Å². The number of nitrogens with zero attached hydrogens (tertiary/aromatic N) is 1. The van der Waals surface area contributed by atoms with Gasteiger partial charge in [0.05, 0.1) is 18.1 Å². The lowest BCUT2D eigenvalue weighted by molar-refractivity contribution is 0.0297. The van der Waals surface area contributed by atoms with Gasteiger partial charge in [-0.05, 0) is 30.3 Å². The number of H-pyrrole nitrogens is 1. The summed E-state index contributed by atoms with van der Waals surface area (Å²) in [5.74, 6) is -0.361. The largest absolute Gasteiger partial charge is 0.378 e. The Balaban J connectivity index is 1.94. The number of aromatic nitrogens is 1. The molecule has 4 rings (SSSR count). The number of carbonyl (C=O) groups is 1.